The van der Waals surface area contributed by atoms with E-state index >= 15 is 0 Å². The van der Waals surface area contributed by atoms with Crippen LogP contribution < -0.4 is 5.32 Å². The third kappa shape index (κ3) is 6.26. The van der Waals surface area contributed by atoms with Gasteiger partial charge in [0.25, 0.3) is 0 Å². The number of ether oxygens (including phenoxy) is 1. The highest BCUT2D eigenvalue weighted by Gasteiger charge is 2.30. The summed E-state index contributed by atoms with van der Waals surface area (Å²) in [5.41, 5.74) is -0.848. The number of carboxylic acid groups (broad SMARTS) is 1. The van der Waals surface area contributed by atoms with Crippen molar-refractivity contribution in [1.82, 2.24) is 5.32 Å². The molecule has 100 valence electrons. The molecule has 0 bridgehead atoms. The molecule has 0 spiro atoms. The van der Waals surface area contributed by atoms with Gasteiger partial charge in [0.1, 0.15) is 0 Å². The highest BCUT2D eigenvalue weighted by Crippen LogP contribution is 2.13. The summed E-state index contributed by atoms with van der Waals surface area (Å²) < 4.78 is 4.97. The van der Waals surface area contributed by atoms with Crippen molar-refractivity contribution < 1.29 is 19.4 Å². The van der Waals surface area contributed by atoms with Crippen LogP contribution >= 0.6 is 0 Å². The Morgan fingerprint density at radius 3 is 2.47 bits per heavy atom. The first-order valence-corrected chi connectivity index (χ1v) is 5.87. The summed E-state index contributed by atoms with van der Waals surface area (Å²) in [7, 11) is 1.49. The Hall–Kier alpha value is -1.10. The molecule has 1 amide bonds. The van der Waals surface area contributed by atoms with Crippen LogP contribution in [0.1, 0.15) is 40.0 Å². The standard InChI is InChI=1S/C12H23NO4/c1-5-6-9(2)11(16)13-12(3,8-17-4)7-10(14)15/h9H,5-8H2,1-4H3,(H,13,16)(H,14,15). The van der Waals surface area contributed by atoms with Crippen LogP contribution in [-0.4, -0.2) is 36.2 Å². The van der Waals surface area contributed by atoms with Crippen LogP contribution in [0, 0.1) is 5.92 Å². The summed E-state index contributed by atoms with van der Waals surface area (Å²) in [5, 5.41) is 11.6. The lowest BCUT2D eigenvalue weighted by atomic mass is 9.96. The van der Waals surface area contributed by atoms with Crippen molar-refractivity contribution in [3.05, 3.63) is 0 Å². The van der Waals surface area contributed by atoms with Gasteiger partial charge < -0.3 is 15.2 Å². The fraction of sp³-hybridized carbons (Fsp3) is 0.833. The van der Waals surface area contributed by atoms with Crippen LogP contribution in [0.4, 0.5) is 0 Å². The van der Waals surface area contributed by atoms with Gasteiger partial charge in [0, 0.05) is 13.0 Å². The first-order chi connectivity index (χ1) is 7.84. The molecule has 0 saturated heterocycles. The number of carbonyl (C=O) groups is 2. The number of aliphatic carboxylic acids is 1. The molecule has 0 aliphatic carbocycles. The molecular weight excluding hydrogens is 222 g/mol. The van der Waals surface area contributed by atoms with E-state index in [1.807, 2.05) is 13.8 Å². The van der Waals surface area contributed by atoms with Crippen molar-refractivity contribution in [3.63, 3.8) is 0 Å². The second-order valence-electron chi connectivity index (χ2n) is 4.74. The molecule has 0 aromatic rings. The zero-order valence-electron chi connectivity index (χ0n) is 11.1. The summed E-state index contributed by atoms with van der Waals surface area (Å²) in [5.74, 6) is -1.18. The van der Waals surface area contributed by atoms with E-state index in [1.165, 1.54) is 7.11 Å². The predicted octanol–water partition coefficient (Wildman–Crippen LogP) is 1.42. The van der Waals surface area contributed by atoms with Gasteiger partial charge in [-0.1, -0.05) is 20.3 Å². The Morgan fingerprint density at radius 1 is 1.47 bits per heavy atom. The third-order valence-corrected chi connectivity index (χ3v) is 2.60. The molecule has 0 rings (SSSR count). The molecule has 0 fully saturated rings. The lowest BCUT2D eigenvalue weighted by molar-refractivity contribution is -0.140. The second kappa shape index (κ2) is 7.27. The lowest BCUT2D eigenvalue weighted by Crippen LogP contribution is -2.52. The van der Waals surface area contributed by atoms with Gasteiger partial charge >= 0.3 is 5.97 Å². The van der Waals surface area contributed by atoms with Crippen LogP contribution in [0.15, 0.2) is 0 Å². The van der Waals surface area contributed by atoms with Gasteiger partial charge in [0.05, 0.1) is 18.6 Å². The summed E-state index contributed by atoms with van der Waals surface area (Å²) in [6, 6.07) is 0. The smallest absolute Gasteiger partial charge is 0.305 e. The molecular formula is C12H23NO4. The van der Waals surface area contributed by atoms with Gasteiger partial charge in [-0.2, -0.15) is 0 Å². The second-order valence-corrected chi connectivity index (χ2v) is 4.74. The Balaban J connectivity index is 4.52. The van der Waals surface area contributed by atoms with E-state index < -0.39 is 11.5 Å². The van der Waals surface area contributed by atoms with Crippen molar-refractivity contribution in [2.75, 3.05) is 13.7 Å². The van der Waals surface area contributed by atoms with Gasteiger partial charge in [-0.3, -0.25) is 9.59 Å². The van der Waals surface area contributed by atoms with Crippen molar-refractivity contribution in [3.8, 4) is 0 Å². The van der Waals surface area contributed by atoms with Crippen LogP contribution in [-0.2, 0) is 14.3 Å². The first-order valence-electron chi connectivity index (χ1n) is 5.87. The maximum atomic E-state index is 11.8. The number of nitrogens with one attached hydrogen (secondary N) is 1. The van der Waals surface area contributed by atoms with E-state index in [4.69, 9.17) is 9.84 Å². The monoisotopic (exact) mass is 245 g/mol. The zero-order chi connectivity index (χ0) is 13.5. The molecule has 0 aromatic heterocycles. The Bertz CT molecular complexity index is 267. The van der Waals surface area contributed by atoms with Gasteiger partial charge in [0.15, 0.2) is 0 Å². The average Bonchev–Trinajstić information content (AvgIpc) is 2.16. The molecule has 17 heavy (non-hydrogen) atoms. The third-order valence-electron chi connectivity index (χ3n) is 2.60. The fourth-order valence-electron chi connectivity index (χ4n) is 1.77. The lowest BCUT2D eigenvalue weighted by Gasteiger charge is -2.29. The number of carboxylic acids is 1. The Kier molecular flexibility index (Phi) is 6.80. The summed E-state index contributed by atoms with van der Waals surface area (Å²) in [6.07, 6.45) is 1.57. The van der Waals surface area contributed by atoms with Crippen LogP contribution in [0.25, 0.3) is 0 Å². The molecule has 0 aromatic carbocycles. The molecule has 0 aliphatic rings. The first kappa shape index (κ1) is 15.9. The highest BCUT2D eigenvalue weighted by atomic mass is 16.5. The number of carbonyl (C=O) groups excluding carboxylic acids is 1. The maximum Gasteiger partial charge on any atom is 0.305 e. The molecule has 0 saturated carbocycles. The summed E-state index contributed by atoms with van der Waals surface area (Å²) in [6.45, 7) is 5.72. The van der Waals surface area contributed by atoms with Crippen molar-refractivity contribution >= 4 is 11.9 Å². The van der Waals surface area contributed by atoms with Gasteiger partial charge in [0.2, 0.25) is 5.91 Å². The average molecular weight is 245 g/mol. The molecule has 0 heterocycles. The fourth-order valence-corrected chi connectivity index (χ4v) is 1.77. The van der Waals surface area contributed by atoms with E-state index in [0.717, 1.165) is 12.8 Å². The van der Waals surface area contributed by atoms with Crippen molar-refractivity contribution in [2.24, 2.45) is 5.92 Å². The summed E-state index contributed by atoms with van der Waals surface area (Å²) >= 11 is 0. The molecule has 2 atom stereocenters. The van der Waals surface area contributed by atoms with E-state index in [9.17, 15) is 9.59 Å². The highest BCUT2D eigenvalue weighted by molar-refractivity contribution is 5.80. The number of rotatable bonds is 8. The Labute approximate surface area is 103 Å². The Morgan fingerprint density at radius 2 is 2.06 bits per heavy atom. The number of hydrogen-bond donors (Lipinski definition) is 2. The molecule has 2 N–H and O–H groups in total. The quantitative estimate of drug-likeness (QED) is 0.678. The molecule has 2 unspecified atom stereocenters. The minimum Gasteiger partial charge on any atom is -0.481 e. The van der Waals surface area contributed by atoms with Crippen LogP contribution in [0.5, 0.6) is 0 Å². The SMILES string of the molecule is CCCC(C)C(=O)NC(C)(COC)CC(=O)O. The van der Waals surface area contributed by atoms with Crippen molar-refractivity contribution in [2.45, 2.75) is 45.6 Å². The minimum atomic E-state index is -0.951. The summed E-state index contributed by atoms with van der Waals surface area (Å²) in [4.78, 5) is 22.6. The maximum absolute atomic E-state index is 11.8. The van der Waals surface area contributed by atoms with E-state index in [1.54, 1.807) is 6.92 Å². The van der Waals surface area contributed by atoms with E-state index in [-0.39, 0.29) is 24.9 Å². The molecule has 0 aliphatic heterocycles. The molecule has 0 radical (unpaired) electrons. The number of hydrogen-bond acceptors (Lipinski definition) is 3. The minimum absolute atomic E-state index is 0.107. The normalized spacial score (nSPS) is 16.0. The van der Waals surface area contributed by atoms with E-state index in [0.29, 0.717) is 0 Å². The van der Waals surface area contributed by atoms with Gasteiger partial charge in [-0.05, 0) is 13.3 Å². The molecule has 5 heteroatoms. The zero-order valence-corrected chi connectivity index (χ0v) is 11.1. The topological polar surface area (TPSA) is 75.6 Å². The van der Waals surface area contributed by atoms with E-state index in [2.05, 4.69) is 5.32 Å². The number of amides is 1. The van der Waals surface area contributed by atoms with Gasteiger partial charge in [-0.25, -0.2) is 0 Å². The van der Waals surface area contributed by atoms with Crippen LogP contribution in [0.2, 0.25) is 0 Å². The van der Waals surface area contributed by atoms with Gasteiger partial charge in [-0.15, -0.1) is 0 Å². The molecule has 5 nitrogen and oxygen atoms in total. The largest absolute Gasteiger partial charge is 0.481 e. The predicted molar refractivity (Wildman–Crippen MR) is 64.7 cm³/mol. The van der Waals surface area contributed by atoms with Crippen LogP contribution in [0.3, 0.4) is 0 Å². The number of methoxy groups -OCH3 is 1. The van der Waals surface area contributed by atoms with Crippen molar-refractivity contribution in [1.29, 1.82) is 0 Å².